The van der Waals surface area contributed by atoms with Crippen LogP contribution in [0.1, 0.15) is 13.8 Å². The van der Waals surface area contributed by atoms with Crippen molar-refractivity contribution in [1.29, 1.82) is 0 Å². The minimum absolute atomic E-state index is 0.134. The third-order valence-corrected chi connectivity index (χ3v) is 4.01. The number of fused-ring (bicyclic) bond motifs is 1. The second-order valence-electron chi connectivity index (χ2n) is 5.87. The number of carbonyl (C=O) groups is 1. The summed E-state index contributed by atoms with van der Waals surface area (Å²) in [5.74, 6) is 1.58. The molecule has 1 aliphatic rings. The Balaban J connectivity index is 1.75. The first kappa shape index (κ1) is 15.5. The molecule has 0 N–H and O–H groups in total. The number of methoxy groups -OCH3 is 1. The summed E-state index contributed by atoms with van der Waals surface area (Å²) in [5, 5.41) is 1.98. The molecule has 0 saturated carbocycles. The molecule has 0 bridgehead atoms. The molecule has 1 fully saturated rings. The molecule has 1 saturated heterocycles. The zero-order chi connectivity index (χ0) is 16.4. The van der Waals surface area contributed by atoms with Crippen molar-refractivity contribution in [2.24, 2.45) is 0 Å². The number of benzene rings is 2. The van der Waals surface area contributed by atoms with Gasteiger partial charge in [0, 0.05) is 16.8 Å². The van der Waals surface area contributed by atoms with Gasteiger partial charge in [0.2, 0.25) is 0 Å². The number of cyclic esters (lactones) is 1. The molecule has 2 aromatic rings. The summed E-state index contributed by atoms with van der Waals surface area (Å²) in [6, 6.07) is 11.8. The Hall–Kier alpha value is -2.43. The highest BCUT2D eigenvalue weighted by Crippen LogP contribution is 2.33. The van der Waals surface area contributed by atoms with E-state index < -0.39 is 0 Å². The molecule has 0 spiro atoms. The van der Waals surface area contributed by atoms with Crippen molar-refractivity contribution in [1.82, 2.24) is 4.90 Å². The van der Waals surface area contributed by atoms with Crippen molar-refractivity contribution in [2.45, 2.75) is 26.0 Å². The average molecular weight is 315 g/mol. The van der Waals surface area contributed by atoms with E-state index in [1.54, 1.807) is 12.0 Å². The Labute approximate surface area is 135 Å². The second-order valence-corrected chi connectivity index (χ2v) is 5.87. The van der Waals surface area contributed by atoms with Gasteiger partial charge in [0.05, 0.1) is 13.7 Å². The number of hydrogen-bond donors (Lipinski definition) is 0. The fraction of sp³-hybridized carbons (Fsp3) is 0.389. The lowest BCUT2D eigenvalue weighted by molar-refractivity contribution is 0.102. The number of carbonyl (C=O) groups excluding carboxylic acids is 1. The van der Waals surface area contributed by atoms with Crippen molar-refractivity contribution in [2.75, 3.05) is 20.3 Å². The predicted octanol–water partition coefficient (Wildman–Crippen LogP) is 3.46. The van der Waals surface area contributed by atoms with Crippen LogP contribution in [0.5, 0.6) is 11.5 Å². The van der Waals surface area contributed by atoms with E-state index in [4.69, 9.17) is 14.2 Å². The standard InChI is InChI=1S/C18H21NO4/c1-12(2)19-10-13(23-18(19)20)11-22-17-9-8-16(21-3)14-6-4-5-7-15(14)17/h4-9,12-13H,10-11H2,1-3H3/t13-/m0/s1. The largest absolute Gasteiger partial charge is 0.496 e. The van der Waals surface area contributed by atoms with Crippen LogP contribution in [0.4, 0.5) is 4.79 Å². The summed E-state index contributed by atoms with van der Waals surface area (Å²) in [5.41, 5.74) is 0. The molecule has 5 nitrogen and oxygen atoms in total. The van der Waals surface area contributed by atoms with Gasteiger partial charge >= 0.3 is 6.09 Å². The molecule has 3 rings (SSSR count). The van der Waals surface area contributed by atoms with E-state index in [0.717, 1.165) is 22.3 Å². The first-order valence-electron chi connectivity index (χ1n) is 7.76. The van der Waals surface area contributed by atoms with Crippen molar-refractivity contribution in [3.05, 3.63) is 36.4 Å². The molecule has 1 atom stereocenters. The van der Waals surface area contributed by atoms with Crippen LogP contribution in [-0.2, 0) is 4.74 Å². The highest BCUT2D eigenvalue weighted by atomic mass is 16.6. The Morgan fingerprint density at radius 3 is 2.43 bits per heavy atom. The fourth-order valence-corrected chi connectivity index (χ4v) is 2.78. The van der Waals surface area contributed by atoms with E-state index in [1.165, 1.54) is 0 Å². The monoisotopic (exact) mass is 315 g/mol. The maximum atomic E-state index is 11.8. The van der Waals surface area contributed by atoms with E-state index in [9.17, 15) is 4.79 Å². The zero-order valence-electron chi connectivity index (χ0n) is 13.6. The molecular weight excluding hydrogens is 294 g/mol. The first-order valence-corrected chi connectivity index (χ1v) is 7.76. The molecule has 2 aromatic carbocycles. The van der Waals surface area contributed by atoms with Gasteiger partial charge in [0.25, 0.3) is 0 Å². The number of ether oxygens (including phenoxy) is 3. The zero-order valence-corrected chi connectivity index (χ0v) is 13.6. The van der Waals surface area contributed by atoms with Crippen LogP contribution < -0.4 is 9.47 Å². The van der Waals surface area contributed by atoms with E-state index in [0.29, 0.717) is 13.2 Å². The van der Waals surface area contributed by atoms with Crippen molar-refractivity contribution in [3.8, 4) is 11.5 Å². The summed E-state index contributed by atoms with van der Waals surface area (Å²) in [6.07, 6.45) is -0.515. The van der Waals surface area contributed by atoms with Crippen LogP contribution >= 0.6 is 0 Å². The smallest absolute Gasteiger partial charge is 0.410 e. The molecule has 5 heteroatoms. The highest BCUT2D eigenvalue weighted by molar-refractivity contribution is 5.93. The van der Waals surface area contributed by atoms with Gasteiger partial charge in [-0.1, -0.05) is 24.3 Å². The van der Waals surface area contributed by atoms with E-state index in [1.807, 2.05) is 50.2 Å². The SMILES string of the molecule is COc1ccc(OC[C@@H]2CN(C(C)C)C(=O)O2)c2ccccc12. The number of hydrogen-bond acceptors (Lipinski definition) is 4. The third-order valence-electron chi connectivity index (χ3n) is 4.01. The van der Waals surface area contributed by atoms with Gasteiger partial charge in [-0.15, -0.1) is 0 Å². The maximum Gasteiger partial charge on any atom is 0.410 e. The summed E-state index contributed by atoms with van der Waals surface area (Å²) >= 11 is 0. The molecule has 1 heterocycles. The van der Waals surface area contributed by atoms with Gasteiger partial charge in [-0.2, -0.15) is 0 Å². The van der Waals surface area contributed by atoms with Crippen molar-refractivity contribution < 1.29 is 19.0 Å². The van der Waals surface area contributed by atoms with Crippen molar-refractivity contribution in [3.63, 3.8) is 0 Å². The Morgan fingerprint density at radius 2 is 1.83 bits per heavy atom. The van der Waals surface area contributed by atoms with E-state index in [2.05, 4.69) is 0 Å². The number of nitrogens with zero attached hydrogens (tertiary/aromatic N) is 1. The topological polar surface area (TPSA) is 48.0 Å². The van der Waals surface area contributed by atoms with E-state index in [-0.39, 0.29) is 18.2 Å². The molecule has 23 heavy (non-hydrogen) atoms. The lowest BCUT2D eigenvalue weighted by atomic mass is 10.1. The van der Waals surface area contributed by atoms with Crippen LogP contribution in [0.3, 0.4) is 0 Å². The Bertz CT molecular complexity index is 713. The van der Waals surface area contributed by atoms with Gasteiger partial charge in [0.15, 0.2) is 6.10 Å². The lowest BCUT2D eigenvalue weighted by Gasteiger charge is -2.17. The molecule has 0 aliphatic carbocycles. The molecule has 122 valence electrons. The third kappa shape index (κ3) is 3.04. The molecule has 0 radical (unpaired) electrons. The average Bonchev–Trinajstić information content (AvgIpc) is 2.93. The second kappa shape index (κ2) is 6.36. The van der Waals surface area contributed by atoms with E-state index >= 15 is 0 Å². The molecule has 1 aliphatic heterocycles. The maximum absolute atomic E-state index is 11.8. The fourth-order valence-electron chi connectivity index (χ4n) is 2.78. The molecular formula is C18H21NO4. The van der Waals surface area contributed by atoms with Crippen LogP contribution in [0.15, 0.2) is 36.4 Å². The molecule has 0 unspecified atom stereocenters. The number of amides is 1. The van der Waals surface area contributed by atoms with Crippen LogP contribution in [0.25, 0.3) is 10.8 Å². The van der Waals surface area contributed by atoms with Gasteiger partial charge < -0.3 is 19.1 Å². The van der Waals surface area contributed by atoms with Crippen LogP contribution in [-0.4, -0.2) is 43.4 Å². The summed E-state index contributed by atoms with van der Waals surface area (Å²) in [6.45, 7) is 4.85. The summed E-state index contributed by atoms with van der Waals surface area (Å²) in [7, 11) is 1.65. The van der Waals surface area contributed by atoms with Gasteiger partial charge in [-0.05, 0) is 26.0 Å². The highest BCUT2D eigenvalue weighted by Gasteiger charge is 2.33. The predicted molar refractivity (Wildman–Crippen MR) is 88.1 cm³/mol. The quantitative estimate of drug-likeness (QED) is 0.848. The molecule has 0 aromatic heterocycles. The van der Waals surface area contributed by atoms with Crippen LogP contribution in [0.2, 0.25) is 0 Å². The minimum atomic E-state index is -0.270. The minimum Gasteiger partial charge on any atom is -0.496 e. The summed E-state index contributed by atoms with van der Waals surface area (Å²) in [4.78, 5) is 13.5. The Kier molecular flexibility index (Phi) is 4.28. The van der Waals surface area contributed by atoms with Crippen LogP contribution in [0, 0.1) is 0 Å². The normalized spacial score (nSPS) is 17.7. The number of rotatable bonds is 5. The van der Waals surface area contributed by atoms with Gasteiger partial charge in [-0.25, -0.2) is 4.79 Å². The van der Waals surface area contributed by atoms with Gasteiger partial charge in [-0.3, -0.25) is 0 Å². The first-order chi connectivity index (χ1) is 11.1. The van der Waals surface area contributed by atoms with Crippen molar-refractivity contribution >= 4 is 16.9 Å². The van der Waals surface area contributed by atoms with Gasteiger partial charge in [0.1, 0.15) is 18.1 Å². The Morgan fingerprint density at radius 1 is 1.17 bits per heavy atom. The lowest BCUT2D eigenvalue weighted by Crippen LogP contribution is -2.32. The molecule has 1 amide bonds. The summed E-state index contributed by atoms with van der Waals surface area (Å²) < 4.78 is 16.7.